The molecule has 0 fully saturated rings. The van der Waals surface area contributed by atoms with Crippen LogP contribution in [0, 0.1) is 0 Å². The highest BCUT2D eigenvalue weighted by Crippen LogP contribution is 2.34. The summed E-state index contributed by atoms with van der Waals surface area (Å²) in [6.07, 6.45) is 0. The number of nitrogens with zero attached hydrogens (tertiary/aromatic N) is 4. The van der Waals surface area contributed by atoms with Gasteiger partial charge in [0.1, 0.15) is 22.7 Å². The largest absolute Gasteiger partial charge is 0.508 e. The lowest BCUT2D eigenvalue weighted by Crippen LogP contribution is -2.03. The maximum Gasteiger partial charge on any atom is 0.222 e. The minimum absolute atomic E-state index is 0.106. The lowest BCUT2D eigenvalue weighted by atomic mass is 10.0. The van der Waals surface area contributed by atoms with Crippen LogP contribution in [-0.2, 0) is 0 Å². The first-order valence-electron chi connectivity index (χ1n) is 9.58. The van der Waals surface area contributed by atoms with Crippen molar-refractivity contribution in [2.45, 2.75) is 0 Å². The van der Waals surface area contributed by atoms with E-state index in [9.17, 15) is 10.2 Å². The van der Waals surface area contributed by atoms with E-state index in [0.717, 1.165) is 16.7 Å². The minimum atomic E-state index is 0.106. The highest BCUT2D eigenvalue weighted by atomic mass is 16.3. The number of aromatic nitrogens is 4. The van der Waals surface area contributed by atoms with Gasteiger partial charge in [-0.05, 0) is 48.5 Å². The fourth-order valence-corrected chi connectivity index (χ4v) is 3.40. The molecule has 3 aromatic carbocycles. The molecule has 7 heteroatoms. The van der Waals surface area contributed by atoms with Gasteiger partial charge in [0, 0.05) is 16.7 Å². The third-order valence-corrected chi connectivity index (χ3v) is 4.88. The summed E-state index contributed by atoms with van der Waals surface area (Å²) < 4.78 is 0. The van der Waals surface area contributed by atoms with Gasteiger partial charge in [0.05, 0.1) is 11.4 Å². The van der Waals surface area contributed by atoms with Crippen LogP contribution in [0.3, 0.4) is 0 Å². The summed E-state index contributed by atoms with van der Waals surface area (Å²) >= 11 is 0. The van der Waals surface area contributed by atoms with Crippen molar-refractivity contribution in [3.8, 4) is 45.3 Å². The molecule has 2 aromatic heterocycles. The van der Waals surface area contributed by atoms with E-state index in [-0.39, 0.29) is 17.4 Å². The number of fused-ring (bicyclic) bond motifs is 1. The second-order valence-corrected chi connectivity index (χ2v) is 6.98. The van der Waals surface area contributed by atoms with Gasteiger partial charge >= 0.3 is 0 Å². The monoisotopic (exact) mass is 407 g/mol. The number of phenolic OH excluding ortho intramolecular Hbond substituents is 2. The third kappa shape index (κ3) is 3.49. The Bertz CT molecular complexity index is 1390. The molecule has 0 spiro atoms. The first-order valence-corrected chi connectivity index (χ1v) is 9.58. The molecule has 5 aromatic rings. The van der Waals surface area contributed by atoms with Gasteiger partial charge in [-0.25, -0.2) is 15.0 Å². The van der Waals surface area contributed by atoms with Crippen molar-refractivity contribution in [2.24, 2.45) is 0 Å². The molecule has 7 nitrogen and oxygen atoms in total. The fraction of sp³-hybridized carbons (Fsp3) is 0. The zero-order valence-electron chi connectivity index (χ0n) is 16.3. The maximum absolute atomic E-state index is 9.72. The van der Waals surface area contributed by atoms with Crippen molar-refractivity contribution in [3.05, 3.63) is 78.9 Å². The Hall–Kier alpha value is -4.52. The number of hydrogen-bond donors (Lipinski definition) is 3. The van der Waals surface area contributed by atoms with Gasteiger partial charge in [-0.2, -0.15) is 4.98 Å². The maximum atomic E-state index is 9.72. The number of nitrogens with two attached hydrogens (primary N) is 1. The number of phenols is 2. The molecule has 0 saturated heterocycles. The lowest BCUT2D eigenvalue weighted by molar-refractivity contribution is 0.475. The van der Waals surface area contributed by atoms with Crippen LogP contribution >= 0.6 is 0 Å². The van der Waals surface area contributed by atoms with Crippen molar-refractivity contribution in [1.29, 1.82) is 0 Å². The number of benzene rings is 3. The van der Waals surface area contributed by atoms with Crippen LogP contribution in [0.5, 0.6) is 11.5 Å². The van der Waals surface area contributed by atoms with E-state index in [1.54, 1.807) is 48.5 Å². The van der Waals surface area contributed by atoms with Crippen LogP contribution in [0.15, 0.2) is 78.9 Å². The third-order valence-electron chi connectivity index (χ3n) is 4.88. The molecule has 150 valence electrons. The molecule has 0 unspecified atom stereocenters. The summed E-state index contributed by atoms with van der Waals surface area (Å²) in [7, 11) is 0. The summed E-state index contributed by atoms with van der Waals surface area (Å²) in [5.41, 5.74) is 11.0. The molecule has 4 N–H and O–H groups in total. The smallest absolute Gasteiger partial charge is 0.222 e. The van der Waals surface area contributed by atoms with Gasteiger partial charge < -0.3 is 15.9 Å². The first kappa shape index (κ1) is 18.5. The normalized spacial score (nSPS) is 11.0. The Kier molecular flexibility index (Phi) is 4.41. The molecule has 0 aliphatic rings. The Morgan fingerprint density at radius 1 is 0.516 bits per heavy atom. The number of nitrogen functional groups attached to an aromatic ring is 1. The molecule has 0 saturated carbocycles. The molecule has 0 atom stereocenters. The van der Waals surface area contributed by atoms with Gasteiger partial charge in [0.2, 0.25) is 5.95 Å². The first-order chi connectivity index (χ1) is 15.1. The highest BCUT2D eigenvalue weighted by Gasteiger charge is 2.18. The Balaban J connectivity index is 1.84. The number of anilines is 1. The topological polar surface area (TPSA) is 118 Å². The molecular formula is C24H17N5O2. The van der Waals surface area contributed by atoms with Crippen LogP contribution in [0.25, 0.3) is 44.9 Å². The number of rotatable bonds is 3. The Morgan fingerprint density at radius 2 is 1.03 bits per heavy atom. The second-order valence-electron chi connectivity index (χ2n) is 6.98. The van der Waals surface area contributed by atoms with Crippen LogP contribution in [-0.4, -0.2) is 30.1 Å². The van der Waals surface area contributed by atoms with E-state index >= 15 is 0 Å². The average molecular weight is 407 g/mol. The molecule has 5 rings (SSSR count). The van der Waals surface area contributed by atoms with Crippen molar-refractivity contribution >= 4 is 17.1 Å². The predicted molar refractivity (Wildman–Crippen MR) is 119 cm³/mol. The van der Waals surface area contributed by atoms with E-state index in [1.165, 1.54) is 0 Å². The Labute approximate surface area is 177 Å². The van der Waals surface area contributed by atoms with Crippen LogP contribution in [0.2, 0.25) is 0 Å². The Morgan fingerprint density at radius 3 is 1.61 bits per heavy atom. The van der Waals surface area contributed by atoms with Crippen LogP contribution in [0.1, 0.15) is 0 Å². The quantitative estimate of drug-likeness (QED) is 0.405. The summed E-state index contributed by atoms with van der Waals surface area (Å²) in [6, 6.07) is 23.0. The molecule has 0 amide bonds. The van der Waals surface area contributed by atoms with Gasteiger partial charge in [-0.1, -0.05) is 30.3 Å². The molecular weight excluding hydrogens is 390 g/mol. The fourth-order valence-electron chi connectivity index (χ4n) is 3.40. The van der Waals surface area contributed by atoms with Gasteiger partial charge in [-0.3, -0.25) is 0 Å². The SMILES string of the molecule is Nc1nc(-c2ccccc2)c2nc(-c3ccc(O)cc3)c(-c3ccc(O)cc3)nc2n1. The van der Waals surface area contributed by atoms with E-state index in [0.29, 0.717) is 28.2 Å². The summed E-state index contributed by atoms with van der Waals surface area (Å²) in [5.74, 6) is 0.418. The summed E-state index contributed by atoms with van der Waals surface area (Å²) in [5, 5.41) is 19.4. The van der Waals surface area contributed by atoms with Gasteiger partial charge in [-0.15, -0.1) is 0 Å². The highest BCUT2D eigenvalue weighted by molar-refractivity contribution is 5.92. The molecule has 0 radical (unpaired) electrons. The lowest BCUT2D eigenvalue weighted by Gasteiger charge is -2.13. The van der Waals surface area contributed by atoms with Crippen molar-refractivity contribution in [3.63, 3.8) is 0 Å². The van der Waals surface area contributed by atoms with E-state index in [1.807, 2.05) is 30.3 Å². The van der Waals surface area contributed by atoms with Gasteiger partial charge in [0.15, 0.2) is 5.65 Å². The predicted octanol–water partition coefficient (Wildman–Crippen LogP) is 4.41. The molecule has 0 aliphatic carbocycles. The molecule has 0 bridgehead atoms. The molecule has 0 aliphatic heterocycles. The summed E-state index contributed by atoms with van der Waals surface area (Å²) in [6.45, 7) is 0. The number of hydrogen-bond acceptors (Lipinski definition) is 7. The number of aromatic hydroxyl groups is 2. The average Bonchev–Trinajstić information content (AvgIpc) is 2.79. The zero-order valence-corrected chi connectivity index (χ0v) is 16.3. The second kappa shape index (κ2) is 7.38. The molecule has 2 heterocycles. The van der Waals surface area contributed by atoms with Crippen LogP contribution in [0.4, 0.5) is 5.95 Å². The minimum Gasteiger partial charge on any atom is -0.508 e. The summed E-state index contributed by atoms with van der Waals surface area (Å²) in [4.78, 5) is 18.4. The van der Waals surface area contributed by atoms with E-state index in [4.69, 9.17) is 15.7 Å². The van der Waals surface area contributed by atoms with Gasteiger partial charge in [0.25, 0.3) is 0 Å². The van der Waals surface area contributed by atoms with E-state index < -0.39 is 0 Å². The van der Waals surface area contributed by atoms with Crippen molar-refractivity contribution in [1.82, 2.24) is 19.9 Å². The molecule has 31 heavy (non-hydrogen) atoms. The standard InChI is InChI=1S/C24H17N5O2/c25-24-28-21(14-4-2-1-3-5-14)22-23(29-24)27-20(16-8-12-18(31)13-9-16)19(26-22)15-6-10-17(30)11-7-15/h1-13,30-31H,(H2,25,27,28,29). The van der Waals surface area contributed by atoms with Crippen LogP contribution < -0.4 is 5.73 Å². The van der Waals surface area contributed by atoms with Crippen molar-refractivity contribution in [2.75, 3.05) is 5.73 Å². The van der Waals surface area contributed by atoms with Crippen molar-refractivity contribution < 1.29 is 10.2 Å². The zero-order chi connectivity index (χ0) is 21.4. The van der Waals surface area contributed by atoms with E-state index in [2.05, 4.69) is 9.97 Å².